The SMILES string of the molecule is C[C@@H]1CN(c2c(F)cc3c(=O)c(C(=O)O)cn4c3c2C[C@@H]4C)CCN1.Cl. The number of rotatable bonds is 2. The van der Waals surface area contributed by atoms with Crippen LogP contribution in [0.15, 0.2) is 17.1 Å². The number of piperazine rings is 1. The van der Waals surface area contributed by atoms with E-state index in [4.69, 9.17) is 0 Å². The van der Waals surface area contributed by atoms with Crippen LogP contribution in [0.4, 0.5) is 10.1 Å². The molecule has 6 nitrogen and oxygen atoms in total. The molecule has 0 amide bonds. The molecule has 26 heavy (non-hydrogen) atoms. The minimum Gasteiger partial charge on any atom is -0.477 e. The Hall–Kier alpha value is -2.12. The number of carboxylic acid groups (broad SMARTS) is 1. The normalized spacial score (nSPS) is 21.7. The van der Waals surface area contributed by atoms with Gasteiger partial charge in [0.05, 0.1) is 11.2 Å². The third kappa shape index (κ3) is 2.66. The van der Waals surface area contributed by atoms with Crippen molar-refractivity contribution in [2.45, 2.75) is 32.4 Å². The fourth-order valence-corrected chi connectivity index (χ4v) is 4.12. The summed E-state index contributed by atoms with van der Waals surface area (Å²) in [5.41, 5.74) is 1.11. The van der Waals surface area contributed by atoms with E-state index < -0.39 is 17.2 Å². The zero-order chi connectivity index (χ0) is 17.9. The monoisotopic (exact) mass is 381 g/mol. The van der Waals surface area contributed by atoms with Crippen LogP contribution in [0.5, 0.6) is 0 Å². The highest BCUT2D eigenvalue weighted by Gasteiger charge is 2.31. The lowest BCUT2D eigenvalue weighted by Gasteiger charge is -2.35. The van der Waals surface area contributed by atoms with Gasteiger partial charge in [0.2, 0.25) is 5.43 Å². The van der Waals surface area contributed by atoms with Gasteiger partial charge in [-0.15, -0.1) is 12.4 Å². The van der Waals surface area contributed by atoms with Crippen molar-refractivity contribution < 1.29 is 14.3 Å². The van der Waals surface area contributed by atoms with Gasteiger partial charge in [0.15, 0.2) is 0 Å². The van der Waals surface area contributed by atoms with Crippen molar-refractivity contribution in [3.8, 4) is 0 Å². The van der Waals surface area contributed by atoms with E-state index in [0.717, 1.165) is 12.1 Å². The fourth-order valence-electron chi connectivity index (χ4n) is 4.12. The van der Waals surface area contributed by atoms with Gasteiger partial charge in [0.1, 0.15) is 11.4 Å². The van der Waals surface area contributed by atoms with Crippen LogP contribution in [-0.4, -0.2) is 41.3 Å². The predicted molar refractivity (Wildman–Crippen MR) is 100 cm³/mol. The van der Waals surface area contributed by atoms with Gasteiger partial charge in [-0.3, -0.25) is 4.79 Å². The molecular weight excluding hydrogens is 361 g/mol. The molecule has 8 heteroatoms. The lowest BCUT2D eigenvalue weighted by Crippen LogP contribution is -2.49. The van der Waals surface area contributed by atoms with Gasteiger partial charge in [-0.2, -0.15) is 0 Å². The van der Waals surface area contributed by atoms with Crippen molar-refractivity contribution in [3.05, 3.63) is 39.4 Å². The third-order valence-corrected chi connectivity index (χ3v) is 5.23. The molecule has 4 rings (SSSR count). The average molecular weight is 382 g/mol. The summed E-state index contributed by atoms with van der Waals surface area (Å²) in [4.78, 5) is 25.9. The Morgan fingerprint density at radius 1 is 1.38 bits per heavy atom. The second-order valence-electron chi connectivity index (χ2n) is 7.02. The van der Waals surface area contributed by atoms with Gasteiger partial charge in [0, 0.05) is 48.9 Å². The first-order valence-corrected chi connectivity index (χ1v) is 8.50. The highest BCUT2D eigenvalue weighted by molar-refractivity contribution is 5.96. The number of aromatic carboxylic acids is 1. The molecule has 0 radical (unpaired) electrons. The highest BCUT2D eigenvalue weighted by Crippen LogP contribution is 2.39. The summed E-state index contributed by atoms with van der Waals surface area (Å²) in [7, 11) is 0. The average Bonchev–Trinajstić information content (AvgIpc) is 2.87. The summed E-state index contributed by atoms with van der Waals surface area (Å²) in [6, 6.07) is 1.45. The van der Waals surface area contributed by atoms with E-state index in [1.807, 2.05) is 16.4 Å². The topological polar surface area (TPSA) is 74.6 Å². The Bertz CT molecular complexity index is 959. The first kappa shape index (κ1) is 18.7. The number of aromatic nitrogens is 1. The molecule has 2 atom stereocenters. The van der Waals surface area contributed by atoms with E-state index in [9.17, 15) is 19.1 Å². The molecule has 1 aromatic carbocycles. The van der Waals surface area contributed by atoms with Crippen LogP contribution in [0.2, 0.25) is 0 Å². The molecule has 0 spiro atoms. The summed E-state index contributed by atoms with van der Waals surface area (Å²) in [5, 5.41) is 12.8. The standard InChI is InChI=1S/C18H20FN3O3.ClH/c1-9-7-21(4-3-20-9)16-11-5-10(2)22-8-13(18(24)25)17(23)12(15(11)22)6-14(16)19;/h6,8-10,20H,3-5,7H2,1-2H3,(H,24,25);1H/t9-,10+;/m1./s1. The van der Waals surface area contributed by atoms with Gasteiger partial charge in [0.25, 0.3) is 0 Å². The maximum absolute atomic E-state index is 15.0. The summed E-state index contributed by atoms with van der Waals surface area (Å²) < 4.78 is 16.8. The van der Waals surface area contributed by atoms with Crippen LogP contribution in [0.3, 0.4) is 0 Å². The van der Waals surface area contributed by atoms with Crippen LogP contribution in [0, 0.1) is 5.82 Å². The Morgan fingerprint density at radius 2 is 2.12 bits per heavy atom. The molecule has 2 N–H and O–H groups in total. The molecule has 3 heterocycles. The number of hydrogen-bond acceptors (Lipinski definition) is 4. The van der Waals surface area contributed by atoms with Crippen molar-refractivity contribution in [3.63, 3.8) is 0 Å². The molecule has 1 fully saturated rings. The number of hydrogen-bond donors (Lipinski definition) is 2. The summed E-state index contributed by atoms with van der Waals surface area (Å²) >= 11 is 0. The first-order chi connectivity index (χ1) is 11.9. The van der Waals surface area contributed by atoms with Gasteiger partial charge in [-0.05, 0) is 26.3 Å². The number of anilines is 1. The molecule has 2 aliphatic heterocycles. The second-order valence-corrected chi connectivity index (χ2v) is 7.02. The van der Waals surface area contributed by atoms with Gasteiger partial charge >= 0.3 is 5.97 Å². The first-order valence-electron chi connectivity index (χ1n) is 8.50. The molecular formula is C18H21ClFN3O3. The maximum atomic E-state index is 15.0. The Morgan fingerprint density at radius 3 is 2.77 bits per heavy atom. The van der Waals surface area contributed by atoms with E-state index >= 15 is 0 Å². The molecule has 1 aromatic heterocycles. The van der Waals surface area contributed by atoms with E-state index in [1.165, 1.54) is 12.3 Å². The minimum atomic E-state index is -1.28. The quantitative estimate of drug-likeness (QED) is 0.834. The summed E-state index contributed by atoms with van der Waals surface area (Å²) in [6.45, 7) is 6.19. The number of pyridine rings is 1. The molecule has 0 aliphatic carbocycles. The number of carboxylic acids is 1. The van der Waals surface area contributed by atoms with E-state index in [2.05, 4.69) is 12.2 Å². The Kier molecular flexibility index (Phi) is 4.71. The Labute approximate surface area is 156 Å². The number of nitrogens with one attached hydrogen (secondary N) is 1. The second kappa shape index (κ2) is 6.55. The van der Waals surface area contributed by atoms with Crippen LogP contribution < -0.4 is 15.6 Å². The van der Waals surface area contributed by atoms with Crippen molar-refractivity contribution >= 4 is 35.0 Å². The highest BCUT2D eigenvalue weighted by atomic mass is 35.5. The number of benzene rings is 1. The van der Waals surface area contributed by atoms with Crippen LogP contribution in [-0.2, 0) is 6.42 Å². The van der Waals surface area contributed by atoms with Crippen molar-refractivity contribution in [1.82, 2.24) is 9.88 Å². The zero-order valence-electron chi connectivity index (χ0n) is 14.6. The Balaban J connectivity index is 0.00000196. The molecule has 2 aliphatic rings. The number of nitrogens with zero attached hydrogens (tertiary/aromatic N) is 2. The maximum Gasteiger partial charge on any atom is 0.341 e. The van der Waals surface area contributed by atoms with Crippen LogP contribution in [0.25, 0.3) is 10.9 Å². The van der Waals surface area contributed by atoms with E-state index in [1.54, 1.807) is 0 Å². The zero-order valence-corrected chi connectivity index (χ0v) is 15.4. The molecule has 2 aromatic rings. The number of carbonyl (C=O) groups is 1. The molecule has 0 bridgehead atoms. The lowest BCUT2D eigenvalue weighted by molar-refractivity contribution is 0.0694. The van der Waals surface area contributed by atoms with Gasteiger partial charge < -0.3 is 19.9 Å². The molecule has 0 saturated carbocycles. The van der Waals surface area contributed by atoms with E-state index in [-0.39, 0.29) is 35.4 Å². The number of halogens is 2. The van der Waals surface area contributed by atoms with Crippen molar-refractivity contribution in [1.29, 1.82) is 0 Å². The van der Waals surface area contributed by atoms with Gasteiger partial charge in [-0.25, -0.2) is 9.18 Å². The fraction of sp³-hybridized carbons (Fsp3) is 0.444. The van der Waals surface area contributed by atoms with Crippen LogP contribution >= 0.6 is 12.4 Å². The molecule has 0 unspecified atom stereocenters. The van der Waals surface area contributed by atoms with E-state index in [0.29, 0.717) is 30.7 Å². The van der Waals surface area contributed by atoms with Crippen molar-refractivity contribution in [2.24, 2.45) is 0 Å². The lowest BCUT2D eigenvalue weighted by atomic mass is 10.0. The predicted octanol–water partition coefficient (Wildman–Crippen LogP) is 2.18. The minimum absolute atomic E-state index is 0. The molecule has 140 valence electrons. The summed E-state index contributed by atoms with van der Waals surface area (Å²) in [5.74, 6) is -1.73. The largest absolute Gasteiger partial charge is 0.477 e. The molecule has 1 saturated heterocycles. The smallest absolute Gasteiger partial charge is 0.341 e. The summed E-state index contributed by atoms with van der Waals surface area (Å²) in [6.07, 6.45) is 1.99. The third-order valence-electron chi connectivity index (χ3n) is 5.23. The van der Waals surface area contributed by atoms with Crippen LogP contribution in [0.1, 0.15) is 35.8 Å². The van der Waals surface area contributed by atoms with Gasteiger partial charge in [-0.1, -0.05) is 0 Å². The van der Waals surface area contributed by atoms with Crippen molar-refractivity contribution in [2.75, 3.05) is 24.5 Å².